The summed E-state index contributed by atoms with van der Waals surface area (Å²) in [6.07, 6.45) is 1.29. The van der Waals surface area contributed by atoms with E-state index in [4.69, 9.17) is 32.7 Å². The number of amides is 2. The largest absolute Gasteiger partial charge is 0.454 e. The van der Waals surface area contributed by atoms with Crippen molar-refractivity contribution in [1.29, 1.82) is 0 Å². The Morgan fingerprint density at radius 1 is 1.03 bits per heavy atom. The average Bonchev–Trinajstić information content (AvgIpc) is 3.26. The second kappa shape index (κ2) is 11.6. The maximum Gasteiger partial charge on any atom is 0.242 e. The number of nitrogens with zero attached hydrogens (tertiary/aromatic N) is 1. The predicted octanol–water partition coefficient (Wildman–Crippen LogP) is 5.23. The molecule has 1 N–H and O–H groups in total. The number of rotatable bonds is 10. The lowest BCUT2D eigenvalue weighted by Gasteiger charge is -2.31. The van der Waals surface area contributed by atoms with Crippen LogP contribution in [0.2, 0.25) is 10.0 Å². The lowest BCUT2D eigenvalue weighted by Crippen LogP contribution is -2.49. The van der Waals surface area contributed by atoms with Gasteiger partial charge in [-0.15, -0.1) is 0 Å². The van der Waals surface area contributed by atoms with E-state index in [1.54, 1.807) is 17.0 Å². The number of hydrogen-bond donors (Lipinski definition) is 1. The van der Waals surface area contributed by atoms with E-state index in [2.05, 4.69) is 5.32 Å². The van der Waals surface area contributed by atoms with Gasteiger partial charge in [-0.3, -0.25) is 9.59 Å². The van der Waals surface area contributed by atoms with Crippen LogP contribution in [0.25, 0.3) is 0 Å². The summed E-state index contributed by atoms with van der Waals surface area (Å²) in [5, 5.41) is 3.83. The number of carbonyl (C=O) groups is 2. The third-order valence-corrected chi connectivity index (χ3v) is 6.21. The fourth-order valence-electron chi connectivity index (χ4n) is 3.67. The molecule has 2 amide bonds. The molecular weight excluding hydrogens is 463 g/mol. The Morgan fingerprint density at radius 2 is 1.76 bits per heavy atom. The highest BCUT2D eigenvalue weighted by Gasteiger charge is 2.28. The summed E-state index contributed by atoms with van der Waals surface area (Å²) in [5.74, 6) is 1.45. The average molecular weight is 493 g/mol. The molecular formula is C25H30Cl2N2O4. The van der Waals surface area contributed by atoms with E-state index < -0.39 is 6.04 Å². The first-order chi connectivity index (χ1) is 15.8. The Hall–Kier alpha value is -2.44. The van der Waals surface area contributed by atoms with E-state index in [1.165, 1.54) is 0 Å². The monoisotopic (exact) mass is 492 g/mol. The molecule has 0 aromatic heterocycles. The van der Waals surface area contributed by atoms with Gasteiger partial charge in [0.05, 0.1) is 10.0 Å². The molecule has 1 aliphatic heterocycles. The summed E-state index contributed by atoms with van der Waals surface area (Å²) in [4.78, 5) is 28.0. The SMILES string of the molecule is CC[C@H](C(=O)NCC(C)C)N(Cc1ccc(Cl)c(Cl)c1)C(=O)CCc1ccc2c(c1)OCO2. The van der Waals surface area contributed by atoms with Crippen LogP contribution in [0.1, 0.15) is 44.7 Å². The van der Waals surface area contributed by atoms with Crippen molar-refractivity contribution in [2.45, 2.75) is 52.6 Å². The second-order valence-corrected chi connectivity index (χ2v) is 9.34. The van der Waals surface area contributed by atoms with E-state index in [1.807, 2.05) is 45.0 Å². The maximum atomic E-state index is 13.4. The molecule has 1 aliphatic rings. The quantitative estimate of drug-likeness (QED) is 0.492. The van der Waals surface area contributed by atoms with Gasteiger partial charge in [0.15, 0.2) is 11.5 Å². The Balaban J connectivity index is 1.77. The van der Waals surface area contributed by atoms with Gasteiger partial charge in [-0.25, -0.2) is 0 Å². The van der Waals surface area contributed by atoms with Crippen LogP contribution in [0.4, 0.5) is 0 Å². The minimum atomic E-state index is -0.581. The highest BCUT2D eigenvalue weighted by Crippen LogP contribution is 2.33. The van der Waals surface area contributed by atoms with Crippen molar-refractivity contribution in [3.63, 3.8) is 0 Å². The van der Waals surface area contributed by atoms with Gasteiger partial charge in [-0.05, 0) is 54.2 Å². The number of halogens is 2. The summed E-state index contributed by atoms with van der Waals surface area (Å²) in [5.41, 5.74) is 1.79. The lowest BCUT2D eigenvalue weighted by atomic mass is 10.1. The fourth-order valence-corrected chi connectivity index (χ4v) is 3.99. The van der Waals surface area contributed by atoms with Crippen molar-refractivity contribution >= 4 is 35.0 Å². The van der Waals surface area contributed by atoms with Crippen molar-refractivity contribution in [2.75, 3.05) is 13.3 Å². The van der Waals surface area contributed by atoms with Crippen LogP contribution in [0.5, 0.6) is 11.5 Å². The van der Waals surface area contributed by atoms with Crippen LogP contribution in [-0.2, 0) is 22.6 Å². The zero-order valence-corrected chi connectivity index (χ0v) is 20.7. The molecule has 33 heavy (non-hydrogen) atoms. The van der Waals surface area contributed by atoms with Crippen LogP contribution < -0.4 is 14.8 Å². The predicted molar refractivity (Wildman–Crippen MR) is 130 cm³/mol. The van der Waals surface area contributed by atoms with E-state index in [0.717, 1.165) is 11.1 Å². The third-order valence-electron chi connectivity index (χ3n) is 5.47. The molecule has 0 fully saturated rings. The highest BCUT2D eigenvalue weighted by atomic mass is 35.5. The molecule has 0 spiro atoms. The number of benzene rings is 2. The van der Waals surface area contributed by atoms with Crippen molar-refractivity contribution in [2.24, 2.45) is 5.92 Å². The van der Waals surface area contributed by atoms with Crippen molar-refractivity contribution < 1.29 is 19.1 Å². The van der Waals surface area contributed by atoms with Crippen molar-refractivity contribution in [3.8, 4) is 11.5 Å². The smallest absolute Gasteiger partial charge is 0.242 e. The Labute approximate surface area is 205 Å². The van der Waals surface area contributed by atoms with E-state index in [0.29, 0.717) is 46.8 Å². The van der Waals surface area contributed by atoms with Gasteiger partial charge >= 0.3 is 0 Å². The molecule has 0 saturated heterocycles. The van der Waals surface area contributed by atoms with Gasteiger partial charge in [-0.2, -0.15) is 0 Å². The van der Waals surface area contributed by atoms with Crippen LogP contribution in [0.15, 0.2) is 36.4 Å². The highest BCUT2D eigenvalue weighted by molar-refractivity contribution is 6.42. The van der Waals surface area contributed by atoms with Crippen LogP contribution in [0, 0.1) is 5.92 Å². The second-order valence-electron chi connectivity index (χ2n) is 8.52. The number of nitrogens with one attached hydrogen (secondary N) is 1. The van der Waals surface area contributed by atoms with Gasteiger partial charge < -0.3 is 19.7 Å². The van der Waals surface area contributed by atoms with Crippen molar-refractivity contribution in [1.82, 2.24) is 10.2 Å². The third kappa shape index (κ3) is 6.78. The Kier molecular flexibility index (Phi) is 8.87. The number of fused-ring (bicyclic) bond motifs is 1. The van der Waals surface area contributed by atoms with Gasteiger partial charge in [-0.1, -0.05) is 56.1 Å². The summed E-state index contributed by atoms with van der Waals surface area (Å²) in [7, 11) is 0. The van der Waals surface area contributed by atoms with Crippen molar-refractivity contribution in [3.05, 3.63) is 57.6 Å². The number of hydrogen-bond acceptors (Lipinski definition) is 4. The molecule has 1 heterocycles. The zero-order valence-electron chi connectivity index (χ0n) is 19.2. The van der Waals surface area contributed by atoms with Gasteiger partial charge in [0.25, 0.3) is 0 Å². The molecule has 1 atom stereocenters. The first-order valence-corrected chi connectivity index (χ1v) is 11.9. The molecule has 0 radical (unpaired) electrons. The van der Waals surface area contributed by atoms with Crippen LogP contribution in [-0.4, -0.2) is 36.1 Å². The summed E-state index contributed by atoms with van der Waals surface area (Å²) in [6, 6.07) is 10.4. The minimum Gasteiger partial charge on any atom is -0.454 e. The fraction of sp³-hybridized carbons (Fsp3) is 0.440. The lowest BCUT2D eigenvalue weighted by molar-refractivity contribution is -0.141. The zero-order chi connectivity index (χ0) is 24.0. The summed E-state index contributed by atoms with van der Waals surface area (Å²) < 4.78 is 10.8. The molecule has 3 rings (SSSR count). The molecule has 0 bridgehead atoms. The molecule has 0 saturated carbocycles. The molecule has 0 aliphatic carbocycles. The Bertz CT molecular complexity index is 996. The number of aryl methyl sites for hydroxylation is 1. The van der Waals surface area contributed by atoms with Gasteiger partial charge in [0.1, 0.15) is 6.04 Å². The normalized spacial score (nSPS) is 13.2. The number of ether oxygens (including phenoxy) is 2. The molecule has 6 nitrogen and oxygen atoms in total. The van der Waals surface area contributed by atoms with E-state index in [-0.39, 0.29) is 31.6 Å². The van der Waals surface area contributed by atoms with E-state index >= 15 is 0 Å². The first kappa shape index (κ1) is 25.2. The number of carbonyl (C=O) groups excluding carboxylic acids is 2. The van der Waals surface area contributed by atoms with Gasteiger partial charge in [0.2, 0.25) is 18.6 Å². The van der Waals surface area contributed by atoms with Crippen LogP contribution >= 0.6 is 23.2 Å². The summed E-state index contributed by atoms with van der Waals surface area (Å²) in [6.45, 7) is 7.01. The molecule has 8 heteroatoms. The summed E-state index contributed by atoms with van der Waals surface area (Å²) >= 11 is 12.2. The molecule has 2 aromatic carbocycles. The minimum absolute atomic E-state index is 0.106. The molecule has 178 valence electrons. The molecule has 2 aromatic rings. The topological polar surface area (TPSA) is 67.9 Å². The first-order valence-electron chi connectivity index (χ1n) is 11.2. The van der Waals surface area contributed by atoms with E-state index in [9.17, 15) is 9.59 Å². The maximum absolute atomic E-state index is 13.4. The van der Waals surface area contributed by atoms with Crippen LogP contribution in [0.3, 0.4) is 0 Å². The Morgan fingerprint density at radius 3 is 2.45 bits per heavy atom. The van der Waals surface area contributed by atoms with Gasteiger partial charge in [0, 0.05) is 19.5 Å². The standard InChI is InChI=1S/C25H30Cl2N2O4/c1-4-21(25(31)28-13-16(2)3)29(14-18-5-8-19(26)20(27)11-18)24(30)10-7-17-6-9-22-23(12-17)33-15-32-22/h5-6,8-9,11-12,16,21H,4,7,10,13-15H2,1-3H3,(H,28,31)/t21-/m1/s1. The molecule has 0 unspecified atom stereocenters.